The van der Waals surface area contributed by atoms with E-state index in [1.807, 2.05) is 0 Å². The van der Waals surface area contributed by atoms with Gasteiger partial charge in [-0.05, 0) is 23.3 Å². The number of rotatable bonds is 4. The number of alkyl halides is 2. The molecule has 168 valence electrons. The molecular weight excluding hydrogens is 431 g/mol. The summed E-state index contributed by atoms with van der Waals surface area (Å²) in [4.78, 5) is 23.7. The van der Waals surface area contributed by atoms with Crippen LogP contribution in [0.2, 0.25) is 0 Å². The van der Waals surface area contributed by atoms with Gasteiger partial charge in [-0.15, -0.1) is 0 Å². The predicted octanol–water partition coefficient (Wildman–Crippen LogP) is 4.06. The van der Waals surface area contributed by atoms with E-state index in [4.69, 9.17) is 6.57 Å². The van der Waals surface area contributed by atoms with Crippen LogP contribution in [0.1, 0.15) is 22.4 Å². The van der Waals surface area contributed by atoms with Crippen LogP contribution in [0.4, 0.5) is 24.8 Å². The van der Waals surface area contributed by atoms with Crippen molar-refractivity contribution >= 4 is 11.6 Å². The Labute approximate surface area is 188 Å². The number of nitrogens with zero attached hydrogens (tertiary/aromatic N) is 5. The Hall–Kier alpha value is -3.64. The lowest BCUT2D eigenvalue weighted by atomic mass is 10.0. The summed E-state index contributed by atoms with van der Waals surface area (Å²) in [5, 5.41) is 0. The highest BCUT2D eigenvalue weighted by Gasteiger charge is 2.46. The summed E-state index contributed by atoms with van der Waals surface area (Å²) in [6, 6.07) is 12.8. The van der Waals surface area contributed by atoms with Gasteiger partial charge in [-0.1, -0.05) is 36.4 Å². The van der Waals surface area contributed by atoms with Gasteiger partial charge in [0.05, 0.1) is 18.7 Å². The smallest absolute Gasteiger partial charge is 0.300 e. The van der Waals surface area contributed by atoms with Gasteiger partial charge >= 0.3 is 5.92 Å². The van der Waals surface area contributed by atoms with Crippen LogP contribution in [0.3, 0.4) is 0 Å². The summed E-state index contributed by atoms with van der Waals surface area (Å²) >= 11 is 0. The second-order valence-electron chi connectivity index (χ2n) is 8.38. The zero-order valence-corrected chi connectivity index (χ0v) is 17.6. The van der Waals surface area contributed by atoms with Gasteiger partial charge < -0.3 is 9.47 Å². The Morgan fingerprint density at radius 2 is 1.85 bits per heavy atom. The van der Waals surface area contributed by atoms with Crippen molar-refractivity contribution in [1.29, 1.82) is 0 Å². The second-order valence-corrected chi connectivity index (χ2v) is 8.38. The Morgan fingerprint density at radius 1 is 1.06 bits per heavy atom. The molecule has 5 rings (SSSR count). The zero-order chi connectivity index (χ0) is 23.2. The molecule has 0 saturated heterocycles. The van der Waals surface area contributed by atoms with Gasteiger partial charge in [0.25, 0.3) is 5.56 Å². The average Bonchev–Trinajstić information content (AvgIpc) is 3.16. The summed E-state index contributed by atoms with van der Waals surface area (Å²) in [6.45, 7) is 7.96. The van der Waals surface area contributed by atoms with Crippen molar-refractivity contribution in [2.45, 2.75) is 32.1 Å². The van der Waals surface area contributed by atoms with E-state index in [0.717, 1.165) is 11.1 Å². The fourth-order valence-corrected chi connectivity index (χ4v) is 4.61. The maximum atomic E-state index is 15.4. The van der Waals surface area contributed by atoms with Crippen LogP contribution in [-0.4, -0.2) is 27.5 Å². The number of anilines is 1. The molecule has 3 heterocycles. The summed E-state index contributed by atoms with van der Waals surface area (Å²) in [5.74, 6) is -3.36. The van der Waals surface area contributed by atoms with Gasteiger partial charge in [0, 0.05) is 32.7 Å². The van der Waals surface area contributed by atoms with Crippen molar-refractivity contribution in [3.05, 3.63) is 98.5 Å². The van der Waals surface area contributed by atoms with Crippen LogP contribution in [-0.2, 0) is 32.1 Å². The van der Waals surface area contributed by atoms with Crippen LogP contribution in [0.15, 0.2) is 53.3 Å². The van der Waals surface area contributed by atoms with E-state index in [1.165, 1.54) is 21.6 Å². The van der Waals surface area contributed by atoms with Crippen molar-refractivity contribution in [3.63, 3.8) is 0 Å². The van der Waals surface area contributed by atoms with Gasteiger partial charge in [0.1, 0.15) is 11.5 Å². The highest BCUT2D eigenvalue weighted by molar-refractivity contribution is 5.47. The van der Waals surface area contributed by atoms with Crippen LogP contribution in [0.25, 0.3) is 4.85 Å². The first-order chi connectivity index (χ1) is 15.8. The van der Waals surface area contributed by atoms with Crippen LogP contribution >= 0.6 is 0 Å². The average molecular weight is 451 g/mol. The van der Waals surface area contributed by atoms with Crippen LogP contribution < -0.4 is 10.5 Å². The molecule has 0 amide bonds. The van der Waals surface area contributed by atoms with Gasteiger partial charge in [0.15, 0.2) is 5.69 Å². The van der Waals surface area contributed by atoms with E-state index < -0.39 is 18.0 Å². The molecule has 0 spiro atoms. The summed E-state index contributed by atoms with van der Waals surface area (Å²) in [7, 11) is 0. The molecule has 0 saturated carbocycles. The lowest BCUT2D eigenvalue weighted by molar-refractivity contribution is -0.0621. The molecule has 2 aromatic carbocycles. The van der Waals surface area contributed by atoms with Crippen molar-refractivity contribution in [2.75, 3.05) is 18.0 Å². The van der Waals surface area contributed by atoms with Gasteiger partial charge in [-0.25, -0.2) is 9.24 Å². The molecule has 0 bridgehead atoms. The van der Waals surface area contributed by atoms with E-state index >= 15 is 8.78 Å². The number of hydrogen-bond acceptors (Lipinski definition) is 4. The Balaban J connectivity index is 1.45. The van der Waals surface area contributed by atoms with Crippen molar-refractivity contribution in [3.8, 4) is 0 Å². The first-order valence-electron chi connectivity index (χ1n) is 10.5. The maximum Gasteiger partial charge on any atom is 0.300 e. The zero-order valence-electron chi connectivity index (χ0n) is 17.6. The summed E-state index contributed by atoms with van der Waals surface area (Å²) in [6.07, 6.45) is 0. The molecule has 6 nitrogen and oxygen atoms in total. The SMILES string of the molecule is [C-]#[N+]c1cccc(CN2Cc3c(n4c(nc3=O)N(Cc3ccc(F)cc3)CC4)C(F)(F)C2)c1. The molecule has 0 radical (unpaired) electrons. The minimum atomic E-state index is -3.23. The van der Waals surface area contributed by atoms with Crippen LogP contribution in [0, 0.1) is 12.4 Å². The molecule has 2 aliphatic heterocycles. The molecule has 3 aromatic rings. The van der Waals surface area contributed by atoms with Crippen molar-refractivity contribution in [2.24, 2.45) is 0 Å². The van der Waals surface area contributed by atoms with E-state index in [0.29, 0.717) is 25.3 Å². The first-order valence-corrected chi connectivity index (χ1v) is 10.5. The molecule has 2 aliphatic rings. The maximum absolute atomic E-state index is 15.4. The molecule has 9 heteroatoms. The third-order valence-corrected chi connectivity index (χ3v) is 6.02. The first kappa shape index (κ1) is 21.2. The highest BCUT2D eigenvalue weighted by Crippen LogP contribution is 2.38. The second kappa shape index (κ2) is 8.05. The lowest BCUT2D eigenvalue weighted by Gasteiger charge is -2.35. The van der Waals surface area contributed by atoms with Gasteiger partial charge in [-0.3, -0.25) is 9.69 Å². The van der Waals surface area contributed by atoms with Crippen molar-refractivity contribution in [1.82, 2.24) is 14.5 Å². The largest absolute Gasteiger partial charge is 0.336 e. The third kappa shape index (κ3) is 3.98. The minimum absolute atomic E-state index is 0.0139. The molecule has 0 N–H and O–H groups in total. The minimum Gasteiger partial charge on any atom is -0.336 e. The lowest BCUT2D eigenvalue weighted by Crippen LogP contribution is -2.45. The normalized spacial score (nSPS) is 16.8. The summed E-state index contributed by atoms with van der Waals surface area (Å²) < 4.78 is 45.4. The van der Waals surface area contributed by atoms with E-state index in [2.05, 4.69) is 9.83 Å². The fraction of sp³-hybridized carbons (Fsp3) is 0.292. The van der Waals surface area contributed by atoms with E-state index in [9.17, 15) is 9.18 Å². The van der Waals surface area contributed by atoms with Gasteiger partial charge in [0.2, 0.25) is 5.95 Å². The number of fused-ring (bicyclic) bond motifs is 3. The molecular formula is C24H20F3N5O. The van der Waals surface area contributed by atoms with E-state index in [-0.39, 0.29) is 36.1 Å². The van der Waals surface area contributed by atoms with Gasteiger partial charge in [-0.2, -0.15) is 13.8 Å². The van der Waals surface area contributed by atoms with E-state index in [1.54, 1.807) is 41.3 Å². The standard InChI is InChI=1S/C24H20F3N5O/c1-28-19-4-2-3-17(11-19)12-30-14-20-21(24(26,27)15-30)32-10-9-31(23(32)29-22(20)33)13-16-5-7-18(25)8-6-16/h2-8,11H,9-10,12-15H2. The molecule has 33 heavy (non-hydrogen) atoms. The third-order valence-electron chi connectivity index (χ3n) is 6.02. The molecule has 1 aromatic heterocycles. The molecule has 0 aliphatic carbocycles. The fourth-order valence-electron chi connectivity index (χ4n) is 4.61. The number of aromatic nitrogens is 2. The number of hydrogen-bond donors (Lipinski definition) is 0. The quantitative estimate of drug-likeness (QED) is 0.562. The molecule has 0 atom stereocenters. The monoisotopic (exact) mass is 451 g/mol. The number of benzene rings is 2. The highest BCUT2D eigenvalue weighted by atomic mass is 19.3. The predicted molar refractivity (Wildman–Crippen MR) is 117 cm³/mol. The Morgan fingerprint density at radius 3 is 2.61 bits per heavy atom. The number of halogens is 3. The van der Waals surface area contributed by atoms with Crippen molar-refractivity contribution < 1.29 is 13.2 Å². The molecule has 0 unspecified atom stereocenters. The Kier molecular flexibility index (Phi) is 5.17. The van der Waals surface area contributed by atoms with Crippen LogP contribution in [0.5, 0.6) is 0 Å². The Bertz CT molecular complexity index is 1310. The molecule has 0 fully saturated rings. The topological polar surface area (TPSA) is 45.7 Å². The summed E-state index contributed by atoms with van der Waals surface area (Å²) in [5.41, 5.74) is 1.09.